The van der Waals surface area contributed by atoms with Crippen molar-refractivity contribution in [3.05, 3.63) is 18.2 Å². The Morgan fingerprint density at radius 1 is 1.25 bits per heavy atom. The first kappa shape index (κ1) is 15.1. The second kappa shape index (κ2) is 5.61. The maximum absolute atomic E-state index is 11.5. The summed E-state index contributed by atoms with van der Waals surface area (Å²) in [7, 11) is -3.25. The van der Waals surface area contributed by atoms with Crippen molar-refractivity contribution in [2.75, 3.05) is 12.0 Å². The number of nitrogen functional groups attached to an aromatic ring is 1. The van der Waals surface area contributed by atoms with Gasteiger partial charge in [0.05, 0.1) is 22.8 Å². The van der Waals surface area contributed by atoms with E-state index in [-0.39, 0.29) is 23.2 Å². The molecule has 2 rings (SSSR count). The van der Waals surface area contributed by atoms with Gasteiger partial charge < -0.3 is 15.2 Å². The van der Waals surface area contributed by atoms with Gasteiger partial charge in [-0.05, 0) is 32.0 Å². The smallest absolute Gasteiger partial charge is 0.175 e. The van der Waals surface area contributed by atoms with Crippen molar-refractivity contribution in [1.82, 2.24) is 0 Å². The highest BCUT2D eigenvalue weighted by Crippen LogP contribution is 2.29. The topological polar surface area (TPSA) is 78.6 Å². The van der Waals surface area contributed by atoms with Gasteiger partial charge in [0.1, 0.15) is 11.9 Å². The lowest BCUT2D eigenvalue weighted by molar-refractivity contribution is -0.0720. The molecule has 2 atom stereocenters. The first-order chi connectivity index (χ1) is 9.25. The van der Waals surface area contributed by atoms with Crippen LogP contribution in [0.1, 0.15) is 26.7 Å². The van der Waals surface area contributed by atoms with E-state index >= 15 is 0 Å². The molecule has 1 aromatic rings. The van der Waals surface area contributed by atoms with Gasteiger partial charge in [0.25, 0.3) is 0 Å². The van der Waals surface area contributed by atoms with E-state index in [2.05, 4.69) is 0 Å². The quantitative estimate of drug-likeness (QED) is 0.864. The van der Waals surface area contributed by atoms with Gasteiger partial charge in [-0.15, -0.1) is 0 Å². The maximum atomic E-state index is 11.5. The van der Waals surface area contributed by atoms with Crippen LogP contribution in [-0.2, 0) is 14.6 Å². The summed E-state index contributed by atoms with van der Waals surface area (Å²) in [5, 5.41) is 0. The zero-order valence-corrected chi connectivity index (χ0v) is 12.8. The molecule has 0 radical (unpaired) electrons. The van der Waals surface area contributed by atoms with E-state index in [4.69, 9.17) is 15.2 Å². The summed E-state index contributed by atoms with van der Waals surface area (Å²) in [5.41, 5.74) is 6.23. The molecule has 20 heavy (non-hydrogen) atoms. The van der Waals surface area contributed by atoms with Crippen molar-refractivity contribution in [2.45, 2.75) is 49.9 Å². The summed E-state index contributed by atoms with van der Waals surface area (Å²) >= 11 is 0. The molecule has 0 aromatic heterocycles. The molecule has 0 amide bonds. The largest absolute Gasteiger partial charge is 0.488 e. The van der Waals surface area contributed by atoms with Crippen LogP contribution in [0.3, 0.4) is 0 Å². The second-order valence-corrected chi connectivity index (χ2v) is 7.46. The lowest BCUT2D eigenvalue weighted by Crippen LogP contribution is -2.35. The van der Waals surface area contributed by atoms with Gasteiger partial charge in [0.2, 0.25) is 0 Å². The molecule has 1 aliphatic rings. The number of nitrogens with two attached hydrogens (primary N) is 1. The molecule has 1 aromatic carbocycles. The number of rotatable bonds is 3. The molecule has 0 saturated carbocycles. The number of benzene rings is 1. The molecular weight excluding hydrogens is 278 g/mol. The Morgan fingerprint density at radius 3 is 2.35 bits per heavy atom. The Morgan fingerprint density at radius 2 is 1.85 bits per heavy atom. The third kappa shape index (κ3) is 3.64. The molecule has 112 valence electrons. The monoisotopic (exact) mass is 299 g/mol. The van der Waals surface area contributed by atoms with E-state index in [9.17, 15) is 8.42 Å². The minimum atomic E-state index is -3.25. The van der Waals surface area contributed by atoms with Gasteiger partial charge in [-0.2, -0.15) is 0 Å². The third-order valence-corrected chi connectivity index (χ3v) is 4.47. The Balaban J connectivity index is 2.14. The molecule has 0 spiro atoms. The van der Waals surface area contributed by atoms with E-state index in [1.54, 1.807) is 6.07 Å². The van der Waals surface area contributed by atoms with Crippen molar-refractivity contribution < 1.29 is 17.9 Å². The molecule has 0 aliphatic carbocycles. The van der Waals surface area contributed by atoms with Crippen LogP contribution >= 0.6 is 0 Å². The third-order valence-electron chi connectivity index (χ3n) is 3.36. The summed E-state index contributed by atoms with van der Waals surface area (Å²) in [6, 6.07) is 4.58. The molecule has 2 N–H and O–H groups in total. The number of hydrogen-bond donors (Lipinski definition) is 1. The predicted molar refractivity (Wildman–Crippen MR) is 77.6 cm³/mol. The summed E-state index contributed by atoms with van der Waals surface area (Å²) < 4.78 is 34.5. The van der Waals surface area contributed by atoms with E-state index in [1.165, 1.54) is 12.1 Å². The van der Waals surface area contributed by atoms with Gasteiger partial charge in [-0.3, -0.25) is 0 Å². The first-order valence-corrected chi connectivity index (χ1v) is 8.56. The zero-order valence-electron chi connectivity index (χ0n) is 12.0. The van der Waals surface area contributed by atoms with E-state index in [0.717, 1.165) is 19.1 Å². The highest BCUT2D eigenvalue weighted by atomic mass is 32.2. The van der Waals surface area contributed by atoms with Gasteiger partial charge in [0, 0.05) is 19.1 Å². The zero-order chi connectivity index (χ0) is 14.9. The molecule has 1 heterocycles. The summed E-state index contributed by atoms with van der Waals surface area (Å²) in [6.07, 6.45) is 3.11. The van der Waals surface area contributed by atoms with Crippen molar-refractivity contribution >= 4 is 15.5 Å². The highest BCUT2D eigenvalue weighted by Gasteiger charge is 2.26. The van der Waals surface area contributed by atoms with Crippen LogP contribution in [0.25, 0.3) is 0 Å². The fraction of sp³-hybridized carbons (Fsp3) is 0.571. The minimum absolute atomic E-state index is 0.0418. The van der Waals surface area contributed by atoms with Crippen LogP contribution in [0.15, 0.2) is 23.1 Å². The molecule has 1 saturated heterocycles. The van der Waals surface area contributed by atoms with Gasteiger partial charge >= 0.3 is 0 Å². The standard InChI is InChI=1S/C14H21NO4S/c1-9-6-11(7-10(2)18-9)19-14-5-4-12(8-13(14)15)20(3,16)17/h4-5,8-11H,6-7,15H2,1-3H3. The average molecular weight is 299 g/mol. The van der Waals surface area contributed by atoms with Crippen LogP contribution in [0.4, 0.5) is 5.69 Å². The Hall–Kier alpha value is -1.27. The molecule has 6 heteroatoms. The first-order valence-electron chi connectivity index (χ1n) is 6.67. The molecule has 5 nitrogen and oxygen atoms in total. The predicted octanol–water partition coefficient (Wildman–Crippen LogP) is 2.01. The van der Waals surface area contributed by atoms with Crippen molar-refractivity contribution in [3.63, 3.8) is 0 Å². The fourth-order valence-electron chi connectivity index (χ4n) is 2.48. The average Bonchev–Trinajstić information content (AvgIpc) is 2.29. The summed E-state index contributed by atoms with van der Waals surface area (Å²) in [4.78, 5) is 0.205. The minimum Gasteiger partial charge on any atom is -0.488 e. The number of sulfone groups is 1. The van der Waals surface area contributed by atoms with Crippen LogP contribution in [0, 0.1) is 0 Å². The molecule has 2 unspecified atom stereocenters. The van der Waals surface area contributed by atoms with Crippen molar-refractivity contribution in [1.29, 1.82) is 0 Å². The number of hydrogen-bond acceptors (Lipinski definition) is 5. The Kier molecular flexibility index (Phi) is 4.25. The van der Waals surface area contributed by atoms with Crippen molar-refractivity contribution in [3.8, 4) is 5.75 Å². The van der Waals surface area contributed by atoms with Crippen LogP contribution in [0.2, 0.25) is 0 Å². The summed E-state index contributed by atoms with van der Waals surface area (Å²) in [6.45, 7) is 4.03. The maximum Gasteiger partial charge on any atom is 0.175 e. The molecular formula is C14H21NO4S. The molecule has 0 bridgehead atoms. The summed E-state index contributed by atoms with van der Waals surface area (Å²) in [5.74, 6) is 0.531. The van der Waals surface area contributed by atoms with Gasteiger partial charge in [0.15, 0.2) is 9.84 Å². The van der Waals surface area contributed by atoms with Gasteiger partial charge in [-0.1, -0.05) is 0 Å². The van der Waals surface area contributed by atoms with Gasteiger partial charge in [-0.25, -0.2) is 8.42 Å². The Bertz CT molecular complexity index is 575. The second-order valence-electron chi connectivity index (χ2n) is 5.44. The van der Waals surface area contributed by atoms with Crippen LogP contribution in [0.5, 0.6) is 5.75 Å². The fourth-order valence-corrected chi connectivity index (χ4v) is 3.14. The Labute approximate surface area is 120 Å². The van der Waals surface area contributed by atoms with E-state index in [0.29, 0.717) is 11.4 Å². The number of anilines is 1. The molecule has 1 fully saturated rings. The van der Waals surface area contributed by atoms with Crippen LogP contribution in [-0.4, -0.2) is 33.0 Å². The van der Waals surface area contributed by atoms with Crippen molar-refractivity contribution in [2.24, 2.45) is 0 Å². The SMILES string of the molecule is CC1CC(Oc2ccc(S(C)(=O)=O)cc2N)CC(C)O1. The lowest BCUT2D eigenvalue weighted by Gasteiger charge is -2.32. The number of ether oxygens (including phenoxy) is 2. The highest BCUT2D eigenvalue weighted by molar-refractivity contribution is 7.90. The molecule has 1 aliphatic heterocycles. The van der Waals surface area contributed by atoms with E-state index < -0.39 is 9.84 Å². The van der Waals surface area contributed by atoms with Crippen LogP contribution < -0.4 is 10.5 Å². The lowest BCUT2D eigenvalue weighted by atomic mass is 10.0. The van der Waals surface area contributed by atoms with E-state index in [1.807, 2.05) is 13.8 Å². The normalized spacial score (nSPS) is 27.2.